The molecule has 0 spiro atoms. The number of nitrogens with zero attached hydrogens (tertiary/aromatic N) is 4. The maximum Gasteiger partial charge on any atom is 0.254 e. The fourth-order valence-corrected chi connectivity index (χ4v) is 3.44. The quantitative estimate of drug-likeness (QED) is 0.692. The molecule has 1 aliphatic heterocycles. The normalized spacial score (nSPS) is 17.1. The summed E-state index contributed by atoms with van der Waals surface area (Å²) in [5.74, 6) is 2.53. The zero-order valence-electron chi connectivity index (χ0n) is 17.1. The molecule has 1 amide bonds. The van der Waals surface area contributed by atoms with Crippen LogP contribution in [0.1, 0.15) is 39.9 Å². The molecule has 2 aromatic rings. The van der Waals surface area contributed by atoms with E-state index in [4.69, 9.17) is 14.1 Å². The highest BCUT2D eigenvalue weighted by Gasteiger charge is 2.30. The first kappa shape index (κ1) is 20.3. The van der Waals surface area contributed by atoms with E-state index in [1.54, 1.807) is 13.3 Å². The number of methoxy groups -OCH3 is 1. The Morgan fingerprint density at radius 3 is 2.93 bits per heavy atom. The molecule has 8 nitrogen and oxygen atoms in total. The summed E-state index contributed by atoms with van der Waals surface area (Å²) < 4.78 is 10.7. The van der Waals surface area contributed by atoms with Crippen molar-refractivity contribution >= 4 is 11.9 Å². The van der Waals surface area contributed by atoms with Crippen molar-refractivity contribution in [1.29, 1.82) is 0 Å². The van der Waals surface area contributed by atoms with Gasteiger partial charge in [0, 0.05) is 46.4 Å². The number of hydrogen-bond donors (Lipinski definition) is 1. The molecule has 0 radical (unpaired) electrons. The first-order chi connectivity index (χ1) is 13.5. The molecule has 0 aromatic carbocycles. The predicted molar refractivity (Wildman–Crippen MR) is 107 cm³/mol. The molecule has 8 heteroatoms. The minimum Gasteiger partial charge on any atom is -0.465 e. The summed E-state index contributed by atoms with van der Waals surface area (Å²) in [5.41, 5.74) is 1.36. The zero-order valence-corrected chi connectivity index (χ0v) is 17.1. The van der Waals surface area contributed by atoms with Crippen LogP contribution in [0.25, 0.3) is 0 Å². The van der Waals surface area contributed by atoms with E-state index < -0.39 is 0 Å². The van der Waals surface area contributed by atoms with E-state index in [0.29, 0.717) is 24.7 Å². The van der Waals surface area contributed by atoms with Gasteiger partial charge in [0.05, 0.1) is 24.4 Å². The number of amides is 1. The van der Waals surface area contributed by atoms with Gasteiger partial charge in [-0.15, -0.1) is 0 Å². The van der Waals surface area contributed by atoms with E-state index in [1.807, 2.05) is 38.1 Å². The number of rotatable bonds is 8. The van der Waals surface area contributed by atoms with Crippen LogP contribution in [0.4, 0.5) is 5.95 Å². The summed E-state index contributed by atoms with van der Waals surface area (Å²) >= 11 is 0. The van der Waals surface area contributed by atoms with Gasteiger partial charge in [-0.05, 0) is 32.0 Å². The Kier molecular flexibility index (Phi) is 6.64. The van der Waals surface area contributed by atoms with Gasteiger partial charge in [-0.25, -0.2) is 9.97 Å². The molecule has 2 aromatic heterocycles. The molecule has 3 heterocycles. The Morgan fingerprint density at radius 1 is 1.43 bits per heavy atom. The lowest BCUT2D eigenvalue weighted by Gasteiger charge is -2.18. The van der Waals surface area contributed by atoms with Gasteiger partial charge in [0.25, 0.3) is 5.91 Å². The average molecular weight is 387 g/mol. The van der Waals surface area contributed by atoms with Crippen molar-refractivity contribution < 1.29 is 13.9 Å². The topological polar surface area (TPSA) is 83.7 Å². The Balaban J connectivity index is 1.76. The van der Waals surface area contributed by atoms with Crippen molar-refractivity contribution in [2.75, 3.05) is 52.3 Å². The van der Waals surface area contributed by atoms with Gasteiger partial charge < -0.3 is 19.4 Å². The van der Waals surface area contributed by atoms with Crippen molar-refractivity contribution in [3.8, 4) is 0 Å². The van der Waals surface area contributed by atoms with Crippen LogP contribution in [0, 0.1) is 6.92 Å². The molecule has 28 heavy (non-hydrogen) atoms. The molecule has 3 rings (SSSR count). The predicted octanol–water partition coefficient (Wildman–Crippen LogP) is 1.81. The van der Waals surface area contributed by atoms with Gasteiger partial charge in [-0.2, -0.15) is 0 Å². The third kappa shape index (κ3) is 4.88. The molecule has 1 aliphatic rings. The van der Waals surface area contributed by atoms with Gasteiger partial charge in [-0.1, -0.05) is 0 Å². The number of nitrogens with one attached hydrogen (secondary N) is 1. The molecule has 1 N–H and O–H groups in total. The summed E-state index contributed by atoms with van der Waals surface area (Å²) in [6.07, 6.45) is 2.58. The second-order valence-corrected chi connectivity index (χ2v) is 7.35. The van der Waals surface area contributed by atoms with Crippen molar-refractivity contribution in [2.45, 2.75) is 25.8 Å². The van der Waals surface area contributed by atoms with Gasteiger partial charge in [-0.3, -0.25) is 9.69 Å². The first-order valence-corrected chi connectivity index (χ1v) is 9.57. The molecule has 0 bridgehead atoms. The van der Waals surface area contributed by atoms with Crippen molar-refractivity contribution in [3.05, 3.63) is 41.1 Å². The summed E-state index contributed by atoms with van der Waals surface area (Å²) in [6.45, 7) is 5.43. The third-order valence-electron chi connectivity index (χ3n) is 4.88. The van der Waals surface area contributed by atoms with Crippen molar-refractivity contribution in [1.82, 2.24) is 20.2 Å². The SMILES string of the molecule is COCCNC(=O)c1cnc(N(C)C)nc1C1CCN(Cc2ccc(C)o2)C1. The van der Waals surface area contributed by atoms with E-state index in [0.717, 1.165) is 43.3 Å². The second-order valence-electron chi connectivity index (χ2n) is 7.35. The summed E-state index contributed by atoms with van der Waals surface area (Å²) in [4.78, 5) is 25.9. The van der Waals surface area contributed by atoms with Crippen molar-refractivity contribution in [2.24, 2.45) is 0 Å². The zero-order chi connectivity index (χ0) is 20.1. The number of likely N-dealkylation sites (tertiary alicyclic amines) is 1. The average Bonchev–Trinajstić information content (AvgIpc) is 3.30. The Labute approximate surface area is 165 Å². The fourth-order valence-electron chi connectivity index (χ4n) is 3.44. The molecule has 1 saturated heterocycles. The number of carbonyl (C=O) groups excluding carboxylic acids is 1. The minimum atomic E-state index is -0.155. The van der Waals surface area contributed by atoms with Crippen LogP contribution in [0.3, 0.4) is 0 Å². The number of hydrogen-bond acceptors (Lipinski definition) is 7. The van der Waals surface area contributed by atoms with Crippen LogP contribution in [0.5, 0.6) is 0 Å². The molecule has 152 valence electrons. The van der Waals surface area contributed by atoms with Crippen LogP contribution in [0.15, 0.2) is 22.7 Å². The number of aromatic nitrogens is 2. The van der Waals surface area contributed by atoms with Crippen LogP contribution in [0.2, 0.25) is 0 Å². The molecule has 1 fully saturated rings. The Morgan fingerprint density at radius 2 is 2.25 bits per heavy atom. The van der Waals surface area contributed by atoms with Crippen LogP contribution in [-0.4, -0.2) is 68.2 Å². The monoisotopic (exact) mass is 387 g/mol. The van der Waals surface area contributed by atoms with Crippen LogP contribution >= 0.6 is 0 Å². The molecule has 0 aliphatic carbocycles. The lowest BCUT2D eigenvalue weighted by molar-refractivity contribution is 0.0934. The number of aryl methyl sites for hydroxylation is 1. The largest absolute Gasteiger partial charge is 0.465 e. The van der Waals surface area contributed by atoms with Gasteiger partial charge >= 0.3 is 0 Å². The molecular formula is C20H29N5O3. The maximum absolute atomic E-state index is 12.7. The highest BCUT2D eigenvalue weighted by atomic mass is 16.5. The molecule has 0 saturated carbocycles. The molecule has 1 atom stereocenters. The summed E-state index contributed by atoms with van der Waals surface area (Å²) in [6, 6.07) is 4.01. The number of carbonyl (C=O) groups is 1. The van der Waals surface area contributed by atoms with E-state index in [9.17, 15) is 4.79 Å². The van der Waals surface area contributed by atoms with Crippen LogP contribution < -0.4 is 10.2 Å². The van der Waals surface area contributed by atoms with Crippen LogP contribution in [-0.2, 0) is 11.3 Å². The lowest BCUT2D eigenvalue weighted by atomic mass is 10.00. The number of anilines is 1. The van der Waals surface area contributed by atoms with E-state index in [-0.39, 0.29) is 11.8 Å². The summed E-state index contributed by atoms with van der Waals surface area (Å²) in [7, 11) is 5.41. The van der Waals surface area contributed by atoms with E-state index >= 15 is 0 Å². The van der Waals surface area contributed by atoms with Gasteiger partial charge in [0.2, 0.25) is 5.95 Å². The van der Waals surface area contributed by atoms with Crippen molar-refractivity contribution in [3.63, 3.8) is 0 Å². The number of ether oxygens (including phenoxy) is 1. The van der Waals surface area contributed by atoms with E-state index in [2.05, 4.69) is 15.2 Å². The molecular weight excluding hydrogens is 358 g/mol. The minimum absolute atomic E-state index is 0.155. The summed E-state index contributed by atoms with van der Waals surface area (Å²) in [5, 5.41) is 2.88. The Hall–Kier alpha value is -2.45. The van der Waals surface area contributed by atoms with Gasteiger partial charge in [0.15, 0.2) is 0 Å². The standard InChI is InChI=1S/C20H29N5O3/c1-14-5-6-16(28-14)13-25-9-7-15(12-25)18-17(19(26)21-8-10-27-4)11-22-20(23-18)24(2)3/h5-6,11,15H,7-10,12-13H2,1-4H3,(H,21,26). The Bertz CT molecular complexity index is 805. The fraction of sp³-hybridized carbons (Fsp3) is 0.550. The second kappa shape index (κ2) is 9.16. The van der Waals surface area contributed by atoms with Gasteiger partial charge in [0.1, 0.15) is 11.5 Å². The smallest absolute Gasteiger partial charge is 0.254 e. The third-order valence-corrected chi connectivity index (χ3v) is 4.88. The molecule has 1 unspecified atom stereocenters. The first-order valence-electron chi connectivity index (χ1n) is 9.57. The number of furan rings is 1. The maximum atomic E-state index is 12.7. The highest BCUT2D eigenvalue weighted by molar-refractivity contribution is 5.95. The highest BCUT2D eigenvalue weighted by Crippen LogP contribution is 2.30. The van der Waals surface area contributed by atoms with E-state index in [1.165, 1.54) is 0 Å². The lowest BCUT2D eigenvalue weighted by Crippen LogP contribution is -2.29.